The summed E-state index contributed by atoms with van der Waals surface area (Å²) < 4.78 is 60.6. The molecule has 1 atom stereocenters. The van der Waals surface area contributed by atoms with Gasteiger partial charge in [0, 0.05) is 44.7 Å². The highest BCUT2D eigenvalue weighted by molar-refractivity contribution is 7.93. The van der Waals surface area contributed by atoms with Crippen LogP contribution < -0.4 is 19.3 Å². The highest BCUT2D eigenvalue weighted by Crippen LogP contribution is 2.32. The normalized spacial score (nSPS) is 13.3. The number of nitrogens with one attached hydrogen (secondary N) is 1. The molecule has 0 bridgehead atoms. The Morgan fingerprint density at radius 2 is 1.84 bits per heavy atom. The summed E-state index contributed by atoms with van der Waals surface area (Å²) in [6, 6.07) is 8.75. The summed E-state index contributed by atoms with van der Waals surface area (Å²) in [5.41, 5.74) is 0.190. The Morgan fingerprint density at radius 1 is 1.16 bits per heavy atom. The minimum absolute atomic E-state index is 0.102. The van der Waals surface area contributed by atoms with E-state index in [1.54, 1.807) is 21.9 Å². The third-order valence-electron chi connectivity index (χ3n) is 6.84. The number of aliphatic carboxylic acids is 1. The van der Waals surface area contributed by atoms with Crippen molar-refractivity contribution in [3.63, 3.8) is 0 Å². The van der Waals surface area contributed by atoms with Crippen LogP contribution in [0.25, 0.3) is 0 Å². The van der Waals surface area contributed by atoms with Crippen molar-refractivity contribution in [2.75, 3.05) is 40.7 Å². The van der Waals surface area contributed by atoms with Gasteiger partial charge in [-0.05, 0) is 50.1 Å². The highest BCUT2D eigenvalue weighted by Gasteiger charge is 2.32. The molecule has 3 aromatic rings. The van der Waals surface area contributed by atoms with Gasteiger partial charge in [0.05, 0.1) is 6.20 Å². The van der Waals surface area contributed by atoms with Gasteiger partial charge in [0.15, 0.2) is 5.82 Å². The molecule has 44 heavy (non-hydrogen) atoms. The number of carbonyl (C=O) groups excluding carboxylic acids is 1. The maximum atomic E-state index is 14.6. The fourth-order valence-electron chi connectivity index (χ4n) is 4.29. The quantitative estimate of drug-likeness (QED) is 0.225. The van der Waals surface area contributed by atoms with Crippen LogP contribution in [0.2, 0.25) is 0 Å². The smallest absolute Gasteiger partial charge is 0.415 e. The van der Waals surface area contributed by atoms with Gasteiger partial charge in [-0.1, -0.05) is 18.6 Å². The predicted octanol–water partition coefficient (Wildman–Crippen LogP) is 3.70. The number of amides is 1. The first-order valence-electron chi connectivity index (χ1n) is 13.6. The van der Waals surface area contributed by atoms with Gasteiger partial charge in [0.2, 0.25) is 5.95 Å². The van der Waals surface area contributed by atoms with Crippen molar-refractivity contribution in [1.29, 1.82) is 0 Å². The Morgan fingerprint density at radius 3 is 2.39 bits per heavy atom. The van der Waals surface area contributed by atoms with E-state index in [9.17, 15) is 31.9 Å². The number of carboxylic acids is 1. The standard InChI is InChI=1S/C29H30F2N6O6S/c1-4-35(5-2)28-32-18-24(37(6-3)44(41,42)25-13-10-20(30)17-22(25)31)26(34-28)33-23(27(38)39)16-19-8-11-21(12-9-19)43-29(40)36-14-7-15-36/h3,8-13,17-18,23H,4-5,7,14-16H2,1-2H3,(H,38,39)(H,32,33,34)/t23-/m0/s1. The van der Waals surface area contributed by atoms with Gasteiger partial charge in [-0.2, -0.15) is 17.7 Å². The molecule has 2 N–H and O–H groups in total. The van der Waals surface area contributed by atoms with E-state index in [2.05, 4.69) is 15.3 Å². The molecule has 1 aliphatic rings. The molecular weight excluding hydrogens is 598 g/mol. The fraction of sp³-hybridized carbons (Fsp3) is 0.310. The van der Waals surface area contributed by atoms with Crippen LogP contribution in [0, 0.1) is 24.1 Å². The maximum absolute atomic E-state index is 14.6. The van der Waals surface area contributed by atoms with Crippen molar-refractivity contribution in [2.45, 2.75) is 37.6 Å². The van der Waals surface area contributed by atoms with Gasteiger partial charge >= 0.3 is 12.1 Å². The van der Waals surface area contributed by atoms with Gasteiger partial charge in [0.1, 0.15) is 34.0 Å². The summed E-state index contributed by atoms with van der Waals surface area (Å²) in [4.78, 5) is 35.4. The molecule has 232 valence electrons. The minimum Gasteiger partial charge on any atom is -0.480 e. The summed E-state index contributed by atoms with van der Waals surface area (Å²) in [5.74, 6) is -3.47. The number of halogens is 2. The van der Waals surface area contributed by atoms with Crippen molar-refractivity contribution >= 4 is 39.5 Å². The van der Waals surface area contributed by atoms with Crippen molar-refractivity contribution < 1.29 is 36.6 Å². The Balaban J connectivity index is 1.67. The highest BCUT2D eigenvalue weighted by atomic mass is 32.2. The second-order valence-electron chi connectivity index (χ2n) is 9.64. The molecule has 1 aliphatic heterocycles. The SMILES string of the molecule is C#CN(c1cnc(N(CC)CC)nc1N[C@@H](Cc1ccc(OC(=O)N2CCC2)cc1)C(=O)O)S(=O)(=O)c1ccc(F)cc1F. The molecule has 0 saturated carbocycles. The number of likely N-dealkylation sites (tertiary alicyclic amines) is 1. The van der Waals surface area contributed by atoms with Gasteiger partial charge < -0.3 is 25.0 Å². The van der Waals surface area contributed by atoms with Crippen LogP contribution >= 0.6 is 0 Å². The van der Waals surface area contributed by atoms with Crippen LogP contribution in [0.4, 0.5) is 31.0 Å². The van der Waals surface area contributed by atoms with E-state index in [-0.39, 0.29) is 29.6 Å². The number of rotatable bonds is 12. The first-order valence-corrected chi connectivity index (χ1v) is 15.1. The molecule has 2 heterocycles. The summed E-state index contributed by atoms with van der Waals surface area (Å²) in [5, 5.41) is 12.8. The molecule has 2 aromatic carbocycles. The average molecular weight is 629 g/mol. The summed E-state index contributed by atoms with van der Waals surface area (Å²) in [7, 11) is -4.82. The Labute approximate surface area is 253 Å². The number of ether oxygens (including phenoxy) is 1. The van der Waals surface area contributed by atoms with Gasteiger partial charge in [-0.15, -0.1) is 0 Å². The summed E-state index contributed by atoms with van der Waals surface area (Å²) in [6.45, 7) is 5.89. The van der Waals surface area contributed by atoms with E-state index in [0.29, 0.717) is 42.1 Å². The maximum Gasteiger partial charge on any atom is 0.415 e. The number of nitrogens with zero attached hydrogens (tertiary/aromatic N) is 5. The number of aromatic nitrogens is 2. The summed E-state index contributed by atoms with van der Waals surface area (Å²) >= 11 is 0. The number of carboxylic acid groups (broad SMARTS) is 1. The summed E-state index contributed by atoms with van der Waals surface area (Å²) in [6.07, 6.45) is 7.00. The molecule has 0 unspecified atom stereocenters. The second-order valence-corrected chi connectivity index (χ2v) is 11.4. The molecule has 0 radical (unpaired) electrons. The Bertz CT molecular complexity index is 1670. The van der Waals surface area contributed by atoms with E-state index < -0.39 is 44.7 Å². The van der Waals surface area contributed by atoms with E-state index in [0.717, 1.165) is 24.8 Å². The molecule has 12 nitrogen and oxygen atoms in total. The first kappa shape index (κ1) is 32.0. The van der Waals surface area contributed by atoms with E-state index in [4.69, 9.17) is 11.2 Å². The van der Waals surface area contributed by atoms with E-state index in [1.165, 1.54) is 12.1 Å². The van der Waals surface area contributed by atoms with Gasteiger partial charge in [-0.3, -0.25) is 0 Å². The number of benzene rings is 2. The van der Waals surface area contributed by atoms with Crippen molar-refractivity contribution in [2.24, 2.45) is 0 Å². The zero-order chi connectivity index (χ0) is 32.0. The van der Waals surface area contributed by atoms with Crippen molar-refractivity contribution in [3.05, 3.63) is 65.9 Å². The monoisotopic (exact) mass is 628 g/mol. The van der Waals surface area contributed by atoms with Gasteiger partial charge in [-0.25, -0.2) is 23.4 Å². The first-order chi connectivity index (χ1) is 21.0. The van der Waals surface area contributed by atoms with Crippen LogP contribution in [0.1, 0.15) is 25.8 Å². The molecule has 0 spiro atoms. The molecule has 0 aliphatic carbocycles. The number of carbonyl (C=O) groups is 2. The molecule has 1 amide bonds. The number of terminal acetylenes is 1. The van der Waals surface area contributed by atoms with Crippen LogP contribution in [0.5, 0.6) is 5.75 Å². The molecule has 4 rings (SSSR count). The molecular formula is C29H30F2N6O6S. The van der Waals surface area contributed by atoms with Crippen molar-refractivity contribution in [3.8, 4) is 18.2 Å². The zero-order valence-corrected chi connectivity index (χ0v) is 24.7. The third-order valence-corrected chi connectivity index (χ3v) is 8.51. The van der Waals surface area contributed by atoms with Crippen LogP contribution in [0.3, 0.4) is 0 Å². The third kappa shape index (κ3) is 6.97. The molecule has 1 fully saturated rings. The van der Waals surface area contributed by atoms with Crippen LogP contribution in [-0.4, -0.2) is 72.7 Å². The largest absolute Gasteiger partial charge is 0.480 e. The lowest BCUT2D eigenvalue weighted by Crippen LogP contribution is -2.43. The Kier molecular flexibility index (Phi) is 9.84. The van der Waals surface area contributed by atoms with Crippen LogP contribution in [0.15, 0.2) is 53.6 Å². The minimum atomic E-state index is -4.82. The number of hydrogen-bond acceptors (Lipinski definition) is 9. The average Bonchev–Trinajstić information content (AvgIpc) is 2.94. The lowest BCUT2D eigenvalue weighted by molar-refractivity contribution is -0.137. The van der Waals surface area contributed by atoms with E-state index in [1.807, 2.05) is 19.9 Å². The topological polar surface area (TPSA) is 145 Å². The zero-order valence-electron chi connectivity index (χ0n) is 23.9. The molecule has 1 saturated heterocycles. The van der Waals surface area contributed by atoms with E-state index >= 15 is 0 Å². The second kappa shape index (κ2) is 13.6. The lowest BCUT2D eigenvalue weighted by atomic mass is 10.1. The van der Waals surface area contributed by atoms with Crippen LogP contribution in [-0.2, 0) is 21.2 Å². The molecule has 15 heteroatoms. The fourth-order valence-corrected chi connectivity index (χ4v) is 5.56. The molecule has 1 aromatic heterocycles. The number of hydrogen-bond donors (Lipinski definition) is 2. The number of sulfonamides is 1. The number of anilines is 3. The van der Waals surface area contributed by atoms with Gasteiger partial charge in [0.25, 0.3) is 10.0 Å². The van der Waals surface area contributed by atoms with Crippen molar-refractivity contribution in [1.82, 2.24) is 14.9 Å². The lowest BCUT2D eigenvalue weighted by Gasteiger charge is -2.29. The predicted molar refractivity (Wildman–Crippen MR) is 158 cm³/mol. The Hall–Kier alpha value is -4.97.